The number of nitrogens with zero attached hydrogens (tertiary/aromatic N) is 2. The first kappa shape index (κ1) is 25.7. The number of carbonyl (C=O) groups is 1. The molecule has 0 fully saturated rings. The summed E-state index contributed by atoms with van der Waals surface area (Å²) in [6, 6.07) is 27.8. The molecule has 0 aliphatic carbocycles. The Morgan fingerprint density at radius 1 is 0.895 bits per heavy atom. The number of fused-ring (bicyclic) bond motifs is 1. The highest BCUT2D eigenvalue weighted by atomic mass is 35.5. The molecule has 5 nitrogen and oxygen atoms in total. The third kappa shape index (κ3) is 5.49. The monoisotopic (exact) mass is 541 g/mol. The number of rotatable bonds is 7. The first-order valence-corrected chi connectivity index (χ1v) is 13.1. The second kappa shape index (κ2) is 11.2. The molecule has 7 heteroatoms. The standard InChI is InChI=1S/C31H25Cl2N3O2/c1-2-6-29-35-28-16-15-24(34-30(37)25-9-3-4-10-27(25)33)18-26(28)31(38)36(29)19-20-11-13-21(14-12-20)22-7-5-8-23(32)17-22/h3-5,7-18H,2,6,19H2,1H3,(H,34,37). The maximum absolute atomic E-state index is 13.7. The minimum absolute atomic E-state index is 0.147. The summed E-state index contributed by atoms with van der Waals surface area (Å²) >= 11 is 12.3. The molecular formula is C31H25Cl2N3O2. The highest BCUT2D eigenvalue weighted by molar-refractivity contribution is 6.34. The predicted molar refractivity (Wildman–Crippen MR) is 155 cm³/mol. The van der Waals surface area contributed by atoms with Gasteiger partial charge in [0.05, 0.1) is 28.0 Å². The van der Waals surface area contributed by atoms with Crippen molar-refractivity contribution < 1.29 is 4.79 Å². The number of hydrogen-bond donors (Lipinski definition) is 1. The smallest absolute Gasteiger partial charge is 0.261 e. The van der Waals surface area contributed by atoms with Crippen molar-refractivity contribution in [3.8, 4) is 11.1 Å². The zero-order valence-corrected chi connectivity index (χ0v) is 22.3. The van der Waals surface area contributed by atoms with Crippen LogP contribution in [0, 0.1) is 0 Å². The van der Waals surface area contributed by atoms with Gasteiger partial charge in [0, 0.05) is 17.1 Å². The molecule has 5 aromatic rings. The lowest BCUT2D eigenvalue weighted by Gasteiger charge is -2.15. The van der Waals surface area contributed by atoms with Gasteiger partial charge in [0.25, 0.3) is 11.5 Å². The van der Waals surface area contributed by atoms with Crippen molar-refractivity contribution in [3.63, 3.8) is 0 Å². The maximum atomic E-state index is 13.7. The number of carbonyl (C=O) groups excluding carboxylic acids is 1. The molecule has 0 unspecified atom stereocenters. The number of aryl methyl sites for hydroxylation is 1. The van der Waals surface area contributed by atoms with Crippen LogP contribution in [0.25, 0.3) is 22.0 Å². The molecule has 0 saturated carbocycles. The largest absolute Gasteiger partial charge is 0.322 e. The summed E-state index contributed by atoms with van der Waals surface area (Å²) in [6.45, 7) is 2.46. The van der Waals surface area contributed by atoms with Crippen molar-refractivity contribution in [1.29, 1.82) is 0 Å². The fraction of sp³-hybridized carbons (Fsp3) is 0.129. The van der Waals surface area contributed by atoms with Gasteiger partial charge < -0.3 is 5.32 Å². The number of aromatic nitrogens is 2. The van der Waals surface area contributed by atoms with Gasteiger partial charge in [0.2, 0.25) is 0 Å². The van der Waals surface area contributed by atoms with E-state index in [1.807, 2.05) is 48.5 Å². The average molecular weight is 542 g/mol. The van der Waals surface area contributed by atoms with Gasteiger partial charge in [-0.3, -0.25) is 14.2 Å². The predicted octanol–water partition coefficient (Wildman–Crippen LogP) is 7.62. The van der Waals surface area contributed by atoms with Crippen molar-refractivity contribution >= 4 is 45.7 Å². The van der Waals surface area contributed by atoms with Crippen LogP contribution in [0.2, 0.25) is 10.0 Å². The van der Waals surface area contributed by atoms with Gasteiger partial charge in [-0.1, -0.05) is 78.7 Å². The SMILES string of the molecule is CCCc1nc2ccc(NC(=O)c3ccccc3Cl)cc2c(=O)n1Cc1ccc(-c2cccc(Cl)c2)cc1. The molecule has 4 aromatic carbocycles. The molecule has 0 aliphatic rings. The summed E-state index contributed by atoms with van der Waals surface area (Å²) in [6.07, 6.45) is 1.54. The van der Waals surface area contributed by atoms with E-state index in [1.165, 1.54) is 0 Å². The second-order valence-electron chi connectivity index (χ2n) is 9.04. The Bertz CT molecular complexity index is 1690. The Hall–Kier alpha value is -3.93. The van der Waals surface area contributed by atoms with E-state index in [9.17, 15) is 9.59 Å². The number of halogens is 2. The van der Waals surface area contributed by atoms with Crippen LogP contribution in [0.5, 0.6) is 0 Å². The lowest BCUT2D eigenvalue weighted by Crippen LogP contribution is -2.26. The first-order valence-electron chi connectivity index (χ1n) is 12.4. The van der Waals surface area contributed by atoms with Gasteiger partial charge in [0.1, 0.15) is 5.82 Å². The highest BCUT2D eigenvalue weighted by Crippen LogP contribution is 2.24. The Morgan fingerprint density at radius 3 is 2.42 bits per heavy atom. The normalized spacial score (nSPS) is 11.0. The van der Waals surface area contributed by atoms with Gasteiger partial charge in [-0.2, -0.15) is 0 Å². The van der Waals surface area contributed by atoms with E-state index < -0.39 is 0 Å². The Labute approximate surface area is 230 Å². The number of benzene rings is 4. The summed E-state index contributed by atoms with van der Waals surface area (Å²) in [5.41, 5.74) is 4.39. The number of hydrogen-bond acceptors (Lipinski definition) is 3. The molecule has 190 valence electrons. The summed E-state index contributed by atoms with van der Waals surface area (Å²) in [7, 11) is 0. The molecular weight excluding hydrogens is 517 g/mol. The van der Waals surface area contributed by atoms with E-state index in [0.29, 0.717) is 45.2 Å². The third-order valence-corrected chi connectivity index (χ3v) is 6.90. The maximum Gasteiger partial charge on any atom is 0.261 e. The van der Waals surface area contributed by atoms with Crippen LogP contribution >= 0.6 is 23.2 Å². The van der Waals surface area contributed by atoms with Crippen LogP contribution in [0.1, 0.15) is 35.1 Å². The van der Waals surface area contributed by atoms with E-state index in [1.54, 1.807) is 47.0 Å². The molecule has 0 saturated heterocycles. The van der Waals surface area contributed by atoms with Crippen LogP contribution in [0.4, 0.5) is 5.69 Å². The fourth-order valence-electron chi connectivity index (χ4n) is 4.42. The van der Waals surface area contributed by atoms with Crippen LogP contribution in [0.3, 0.4) is 0 Å². The Morgan fingerprint density at radius 2 is 1.68 bits per heavy atom. The molecule has 1 heterocycles. The summed E-state index contributed by atoms with van der Waals surface area (Å²) in [4.78, 5) is 31.2. The van der Waals surface area contributed by atoms with Crippen molar-refractivity contribution in [2.45, 2.75) is 26.3 Å². The van der Waals surface area contributed by atoms with Crippen molar-refractivity contribution in [1.82, 2.24) is 9.55 Å². The lowest BCUT2D eigenvalue weighted by atomic mass is 10.0. The molecule has 5 rings (SSSR count). The van der Waals surface area contributed by atoms with E-state index >= 15 is 0 Å². The van der Waals surface area contributed by atoms with Crippen LogP contribution in [-0.4, -0.2) is 15.5 Å². The molecule has 1 amide bonds. The molecule has 38 heavy (non-hydrogen) atoms. The number of nitrogens with one attached hydrogen (secondary N) is 1. The van der Waals surface area contributed by atoms with Crippen LogP contribution in [0.15, 0.2) is 95.8 Å². The zero-order chi connectivity index (χ0) is 26.6. The Kier molecular flexibility index (Phi) is 7.59. The first-order chi connectivity index (χ1) is 18.4. The Balaban J connectivity index is 1.47. The van der Waals surface area contributed by atoms with E-state index in [-0.39, 0.29) is 11.5 Å². The molecule has 1 aromatic heterocycles. The zero-order valence-electron chi connectivity index (χ0n) is 20.7. The quantitative estimate of drug-likeness (QED) is 0.230. The second-order valence-corrected chi connectivity index (χ2v) is 9.89. The van der Waals surface area contributed by atoms with Crippen molar-refractivity contribution in [2.24, 2.45) is 0 Å². The topological polar surface area (TPSA) is 64.0 Å². The van der Waals surface area contributed by atoms with Crippen molar-refractivity contribution in [2.75, 3.05) is 5.32 Å². The van der Waals surface area contributed by atoms with Gasteiger partial charge in [-0.15, -0.1) is 0 Å². The van der Waals surface area contributed by atoms with Crippen LogP contribution in [-0.2, 0) is 13.0 Å². The molecule has 0 spiro atoms. The van der Waals surface area contributed by atoms with Gasteiger partial charge in [-0.05, 0) is 65.6 Å². The fourth-order valence-corrected chi connectivity index (χ4v) is 4.83. The highest BCUT2D eigenvalue weighted by Gasteiger charge is 2.14. The summed E-state index contributed by atoms with van der Waals surface area (Å²) < 4.78 is 1.72. The number of amides is 1. The number of anilines is 1. The van der Waals surface area contributed by atoms with Gasteiger partial charge >= 0.3 is 0 Å². The van der Waals surface area contributed by atoms with Crippen molar-refractivity contribution in [3.05, 3.63) is 128 Å². The lowest BCUT2D eigenvalue weighted by molar-refractivity contribution is 0.102. The average Bonchev–Trinajstić information content (AvgIpc) is 2.92. The van der Waals surface area contributed by atoms with Gasteiger partial charge in [0.15, 0.2) is 0 Å². The van der Waals surface area contributed by atoms with E-state index in [4.69, 9.17) is 28.2 Å². The van der Waals surface area contributed by atoms with E-state index in [0.717, 1.165) is 28.9 Å². The molecule has 0 aliphatic heterocycles. The van der Waals surface area contributed by atoms with E-state index in [2.05, 4.69) is 12.2 Å². The summed E-state index contributed by atoms with van der Waals surface area (Å²) in [5.74, 6) is 0.391. The molecule has 0 radical (unpaired) electrons. The third-order valence-electron chi connectivity index (χ3n) is 6.34. The van der Waals surface area contributed by atoms with Gasteiger partial charge in [-0.25, -0.2) is 4.98 Å². The molecule has 0 atom stereocenters. The minimum atomic E-state index is -0.342. The van der Waals surface area contributed by atoms with Crippen LogP contribution < -0.4 is 10.9 Å². The minimum Gasteiger partial charge on any atom is -0.322 e. The molecule has 1 N–H and O–H groups in total. The molecule has 0 bridgehead atoms. The summed E-state index contributed by atoms with van der Waals surface area (Å²) in [5, 5.41) is 4.33.